The van der Waals surface area contributed by atoms with Gasteiger partial charge in [-0.1, -0.05) is 128 Å². The maximum atomic E-state index is 2.60. The molecule has 0 spiro atoms. The molecule has 2 rings (SSSR count). The maximum Gasteiger partial charge on any atom is 0.114 e. The minimum atomic E-state index is -1.71. The van der Waals surface area contributed by atoms with Gasteiger partial charge < -0.3 is 0 Å². The standard InChI is InChI=1S/C21H34Si3/c1-22(2,3)21(23(4,5)6)18-24(7,19-14-10-8-11-15-19)20-16-12-9-13-17-20/h8-17,21H,18H2,1-7H3. The van der Waals surface area contributed by atoms with Crippen molar-refractivity contribution in [3.63, 3.8) is 0 Å². The van der Waals surface area contributed by atoms with Gasteiger partial charge in [0.25, 0.3) is 0 Å². The van der Waals surface area contributed by atoms with E-state index >= 15 is 0 Å². The Morgan fingerprint density at radius 3 is 1.21 bits per heavy atom. The highest BCUT2D eigenvalue weighted by Crippen LogP contribution is 2.39. The molecule has 0 aliphatic carbocycles. The van der Waals surface area contributed by atoms with Crippen molar-refractivity contribution < 1.29 is 0 Å². The van der Waals surface area contributed by atoms with Gasteiger partial charge in [-0.05, 0) is 0 Å². The Balaban J connectivity index is 2.56. The summed E-state index contributed by atoms with van der Waals surface area (Å²) >= 11 is 0. The summed E-state index contributed by atoms with van der Waals surface area (Å²) in [7, 11) is -4.12. The molecule has 0 aliphatic heterocycles. The van der Waals surface area contributed by atoms with Crippen LogP contribution in [0.1, 0.15) is 0 Å². The van der Waals surface area contributed by atoms with E-state index in [0.29, 0.717) is 0 Å². The summed E-state index contributed by atoms with van der Waals surface area (Å²) in [6, 6.07) is 24.1. The van der Waals surface area contributed by atoms with Gasteiger partial charge in [-0.2, -0.15) is 0 Å². The number of rotatable bonds is 6. The van der Waals surface area contributed by atoms with Gasteiger partial charge in [0, 0.05) is 16.1 Å². The van der Waals surface area contributed by atoms with E-state index in [1.807, 2.05) is 0 Å². The summed E-state index contributed by atoms with van der Waals surface area (Å²) in [5, 5.41) is 4.14. The maximum absolute atomic E-state index is 2.60. The lowest BCUT2D eigenvalue weighted by atomic mass is 10.4. The highest BCUT2D eigenvalue weighted by molar-refractivity contribution is 7.05. The third kappa shape index (κ3) is 4.38. The van der Waals surface area contributed by atoms with Gasteiger partial charge >= 0.3 is 0 Å². The lowest BCUT2D eigenvalue weighted by Gasteiger charge is -2.44. The molecular formula is C21H34Si3. The highest BCUT2D eigenvalue weighted by atomic mass is 28.4. The first-order valence-electron chi connectivity index (χ1n) is 9.16. The van der Waals surface area contributed by atoms with Gasteiger partial charge in [0.05, 0.1) is 0 Å². The van der Waals surface area contributed by atoms with Crippen LogP contribution in [0.5, 0.6) is 0 Å². The summed E-state index contributed by atoms with van der Waals surface area (Å²) < 4.78 is 0. The van der Waals surface area contributed by atoms with Crippen molar-refractivity contribution in [2.75, 3.05) is 0 Å². The van der Waals surface area contributed by atoms with Gasteiger partial charge in [-0.3, -0.25) is 0 Å². The molecule has 2 aromatic carbocycles. The first-order chi connectivity index (χ1) is 11.0. The zero-order valence-electron chi connectivity index (χ0n) is 16.6. The van der Waals surface area contributed by atoms with Crippen molar-refractivity contribution in [3.8, 4) is 0 Å². The molecule has 0 saturated heterocycles. The third-order valence-electron chi connectivity index (χ3n) is 5.52. The molecule has 0 amide bonds. The van der Waals surface area contributed by atoms with Crippen molar-refractivity contribution in [1.29, 1.82) is 0 Å². The Morgan fingerprint density at radius 1 is 0.583 bits per heavy atom. The number of hydrogen-bond donors (Lipinski definition) is 0. The van der Waals surface area contributed by atoms with Crippen LogP contribution in [-0.4, -0.2) is 24.2 Å². The van der Waals surface area contributed by atoms with Crippen LogP contribution in [-0.2, 0) is 0 Å². The van der Waals surface area contributed by atoms with E-state index in [-0.39, 0.29) is 0 Å². The number of hydrogen-bond acceptors (Lipinski definition) is 0. The lowest BCUT2D eigenvalue weighted by Crippen LogP contribution is -2.59. The van der Waals surface area contributed by atoms with Gasteiger partial charge in [-0.25, -0.2) is 0 Å². The summed E-state index contributed by atoms with van der Waals surface area (Å²) in [6.07, 6.45) is 0. The molecule has 0 aliphatic rings. The van der Waals surface area contributed by atoms with Crippen LogP contribution in [0.4, 0.5) is 0 Å². The molecule has 0 aromatic heterocycles. The molecule has 24 heavy (non-hydrogen) atoms. The molecule has 3 heteroatoms. The fourth-order valence-electron chi connectivity index (χ4n) is 4.33. The molecule has 130 valence electrons. The minimum absolute atomic E-state index is 0.946. The van der Waals surface area contributed by atoms with Crippen LogP contribution in [0.15, 0.2) is 60.7 Å². The van der Waals surface area contributed by atoms with E-state index in [1.54, 1.807) is 10.4 Å². The summed E-state index contributed by atoms with van der Waals surface area (Å²) in [6.45, 7) is 18.1. The SMILES string of the molecule is C[Si](CC([Si](C)(C)C)[Si](C)(C)C)(c1ccccc1)c1ccccc1. The average molecular weight is 371 g/mol. The molecule has 0 unspecified atom stereocenters. The normalized spacial score (nSPS) is 13.3. The van der Waals surface area contributed by atoms with Crippen LogP contribution in [0.25, 0.3) is 0 Å². The van der Waals surface area contributed by atoms with Crippen molar-refractivity contribution in [2.24, 2.45) is 0 Å². The monoisotopic (exact) mass is 370 g/mol. The first kappa shape index (κ1) is 19.4. The molecule has 0 heterocycles. The van der Waals surface area contributed by atoms with Crippen LogP contribution >= 0.6 is 0 Å². The Labute approximate surface area is 152 Å². The van der Waals surface area contributed by atoms with Crippen molar-refractivity contribution in [3.05, 3.63) is 60.7 Å². The third-order valence-corrected chi connectivity index (χ3v) is 20.6. The van der Waals surface area contributed by atoms with Crippen LogP contribution in [0.3, 0.4) is 0 Å². The Hall–Kier alpha value is -0.909. The fourth-order valence-corrected chi connectivity index (χ4v) is 25.6. The topological polar surface area (TPSA) is 0 Å². The molecule has 0 N–H and O–H groups in total. The molecule has 0 radical (unpaired) electrons. The van der Waals surface area contributed by atoms with E-state index < -0.39 is 24.2 Å². The molecular weight excluding hydrogens is 336 g/mol. The molecule has 0 bridgehead atoms. The molecule has 0 atom stereocenters. The molecule has 0 nitrogen and oxygen atoms in total. The number of benzene rings is 2. The second-order valence-electron chi connectivity index (χ2n) is 9.55. The predicted octanol–water partition coefficient (Wildman–Crippen LogP) is 5.47. The smallest absolute Gasteiger partial charge is 0.0696 e. The van der Waals surface area contributed by atoms with E-state index in [0.717, 1.165) is 5.16 Å². The van der Waals surface area contributed by atoms with Crippen LogP contribution < -0.4 is 10.4 Å². The van der Waals surface area contributed by atoms with E-state index in [2.05, 4.69) is 106 Å². The minimum Gasteiger partial charge on any atom is -0.0696 e. The second kappa shape index (κ2) is 7.14. The molecule has 0 saturated carbocycles. The Bertz CT molecular complexity index is 583. The van der Waals surface area contributed by atoms with Crippen molar-refractivity contribution >= 4 is 34.6 Å². The van der Waals surface area contributed by atoms with E-state index in [1.165, 1.54) is 6.04 Å². The zero-order chi connectivity index (χ0) is 18.0. The molecule has 2 aromatic rings. The summed E-state index contributed by atoms with van der Waals surface area (Å²) in [5.41, 5.74) is 0. The highest BCUT2D eigenvalue weighted by Gasteiger charge is 2.44. The quantitative estimate of drug-likeness (QED) is 0.592. The Morgan fingerprint density at radius 2 is 0.917 bits per heavy atom. The van der Waals surface area contributed by atoms with Crippen LogP contribution in [0.2, 0.25) is 57.0 Å². The Kier molecular flexibility index (Phi) is 5.78. The second-order valence-corrected chi connectivity index (χ2v) is 25.2. The zero-order valence-corrected chi connectivity index (χ0v) is 19.6. The largest absolute Gasteiger partial charge is 0.114 e. The molecule has 0 fully saturated rings. The van der Waals surface area contributed by atoms with E-state index in [9.17, 15) is 0 Å². The van der Waals surface area contributed by atoms with Crippen molar-refractivity contribution in [1.82, 2.24) is 0 Å². The van der Waals surface area contributed by atoms with Gasteiger partial charge in [-0.15, -0.1) is 0 Å². The van der Waals surface area contributed by atoms with Gasteiger partial charge in [0.1, 0.15) is 8.07 Å². The summed E-state index contributed by atoms with van der Waals surface area (Å²) in [5.74, 6) is 0. The predicted molar refractivity (Wildman–Crippen MR) is 119 cm³/mol. The lowest BCUT2D eigenvalue weighted by molar-refractivity contribution is 1.14. The van der Waals surface area contributed by atoms with E-state index in [4.69, 9.17) is 0 Å². The fraction of sp³-hybridized carbons (Fsp3) is 0.429. The van der Waals surface area contributed by atoms with Crippen molar-refractivity contribution in [2.45, 2.75) is 57.0 Å². The average Bonchev–Trinajstić information content (AvgIpc) is 2.52. The van der Waals surface area contributed by atoms with Gasteiger partial charge in [0.2, 0.25) is 0 Å². The summed E-state index contributed by atoms with van der Waals surface area (Å²) in [4.78, 5) is 0. The van der Waals surface area contributed by atoms with Crippen LogP contribution in [0, 0.1) is 0 Å². The van der Waals surface area contributed by atoms with Gasteiger partial charge in [0.15, 0.2) is 0 Å². The first-order valence-corrected chi connectivity index (χ1v) is 19.0.